The number of nitrogens with zero attached hydrogens (tertiary/aromatic N) is 2. The summed E-state index contributed by atoms with van der Waals surface area (Å²) in [5, 5.41) is 0. The molecule has 0 aliphatic carbocycles. The summed E-state index contributed by atoms with van der Waals surface area (Å²) in [6.07, 6.45) is 1.27. The highest BCUT2D eigenvalue weighted by molar-refractivity contribution is 7.92. The molecule has 1 aromatic heterocycles. The van der Waals surface area contributed by atoms with Crippen LogP contribution in [0.1, 0.15) is 10.4 Å². The first-order valence-electron chi connectivity index (χ1n) is 6.11. The van der Waals surface area contributed by atoms with Crippen LogP contribution in [0.3, 0.4) is 0 Å². The summed E-state index contributed by atoms with van der Waals surface area (Å²) < 4.78 is 27.7. The predicted octanol–water partition coefficient (Wildman–Crippen LogP) is 2.43. The van der Waals surface area contributed by atoms with Gasteiger partial charge in [-0.15, -0.1) is 15.7 Å². The first-order valence-corrected chi connectivity index (χ1v) is 8.37. The Bertz CT molecular complexity index is 795. The van der Waals surface area contributed by atoms with Gasteiger partial charge in [0.1, 0.15) is 10.5 Å². The molecule has 2 rings (SSSR count). The predicted molar refractivity (Wildman–Crippen MR) is 86.1 cm³/mol. The van der Waals surface area contributed by atoms with Gasteiger partial charge < -0.3 is 4.90 Å². The molecule has 0 radical (unpaired) electrons. The smallest absolute Gasteiger partial charge is 0.293 e. The fourth-order valence-electron chi connectivity index (χ4n) is 1.39. The largest absolute Gasteiger partial charge is 0.368 e. The number of benzene rings is 1. The molecule has 0 bridgehead atoms. The molecule has 6 heteroatoms. The summed E-state index contributed by atoms with van der Waals surface area (Å²) in [4.78, 5) is 2.26. The van der Waals surface area contributed by atoms with Crippen molar-refractivity contribution < 1.29 is 8.42 Å². The van der Waals surface area contributed by atoms with E-state index < -0.39 is 10.0 Å². The van der Waals surface area contributed by atoms with Crippen molar-refractivity contribution in [3.8, 4) is 11.8 Å². The minimum atomic E-state index is -3.64. The van der Waals surface area contributed by atoms with E-state index in [4.69, 9.17) is 0 Å². The van der Waals surface area contributed by atoms with Gasteiger partial charge in [-0.2, -0.15) is 8.42 Å². The normalized spacial score (nSPS) is 11.1. The third kappa shape index (κ3) is 4.45. The Balaban J connectivity index is 2.21. The molecule has 0 amide bonds. The van der Waals surface area contributed by atoms with E-state index in [2.05, 4.69) is 16.2 Å². The van der Waals surface area contributed by atoms with E-state index in [9.17, 15) is 8.42 Å². The van der Waals surface area contributed by atoms with Crippen LogP contribution in [0.4, 0.5) is 0 Å². The van der Waals surface area contributed by atoms with Gasteiger partial charge in [0.2, 0.25) is 0 Å². The van der Waals surface area contributed by atoms with E-state index in [0.29, 0.717) is 4.88 Å². The first kappa shape index (κ1) is 15.3. The van der Waals surface area contributed by atoms with Crippen molar-refractivity contribution in [2.75, 3.05) is 14.1 Å². The van der Waals surface area contributed by atoms with E-state index in [1.54, 1.807) is 25.1 Å². The van der Waals surface area contributed by atoms with Crippen molar-refractivity contribution in [2.45, 2.75) is 4.21 Å². The van der Waals surface area contributed by atoms with Crippen LogP contribution in [-0.2, 0) is 10.0 Å². The lowest BCUT2D eigenvalue weighted by Crippen LogP contribution is -2.09. The number of hydrogen-bond acceptors (Lipinski definition) is 3. The minimum Gasteiger partial charge on any atom is -0.368 e. The Labute approximate surface area is 128 Å². The van der Waals surface area contributed by atoms with E-state index >= 15 is 0 Å². The molecule has 0 saturated heterocycles. The van der Waals surface area contributed by atoms with Crippen molar-refractivity contribution in [3.63, 3.8) is 0 Å². The molecule has 0 fully saturated rings. The molecule has 0 spiro atoms. The van der Waals surface area contributed by atoms with Crippen molar-refractivity contribution in [3.05, 3.63) is 52.9 Å². The molecule has 108 valence electrons. The van der Waals surface area contributed by atoms with Crippen LogP contribution in [0.25, 0.3) is 0 Å². The second-order valence-electron chi connectivity index (χ2n) is 4.39. The van der Waals surface area contributed by atoms with Gasteiger partial charge in [0.15, 0.2) is 0 Å². The van der Waals surface area contributed by atoms with Gasteiger partial charge in [-0.3, -0.25) is 0 Å². The molecule has 0 unspecified atom stereocenters. The van der Waals surface area contributed by atoms with Crippen LogP contribution >= 0.6 is 11.3 Å². The zero-order valence-electron chi connectivity index (χ0n) is 11.6. The number of rotatable bonds is 3. The SMILES string of the molecule is CN(C)C=NS(=O)(=O)c1ccc(C#Cc2ccccc2)s1. The van der Waals surface area contributed by atoms with Crippen LogP contribution < -0.4 is 0 Å². The van der Waals surface area contributed by atoms with E-state index in [1.807, 2.05) is 30.3 Å². The van der Waals surface area contributed by atoms with Crippen molar-refractivity contribution in [1.82, 2.24) is 4.90 Å². The van der Waals surface area contributed by atoms with Crippen molar-refractivity contribution >= 4 is 27.7 Å². The molecule has 1 heterocycles. The summed E-state index contributed by atoms with van der Waals surface area (Å²) in [6.45, 7) is 0. The monoisotopic (exact) mass is 318 g/mol. The molecule has 0 aliphatic heterocycles. The molecule has 0 saturated carbocycles. The van der Waals surface area contributed by atoms with Crippen LogP contribution in [0.2, 0.25) is 0 Å². The van der Waals surface area contributed by atoms with Crippen LogP contribution in [-0.4, -0.2) is 33.8 Å². The minimum absolute atomic E-state index is 0.193. The summed E-state index contributed by atoms with van der Waals surface area (Å²) in [7, 11) is -0.214. The zero-order valence-corrected chi connectivity index (χ0v) is 13.3. The molecule has 1 aromatic carbocycles. The maximum Gasteiger partial charge on any atom is 0.293 e. The maximum atomic E-state index is 12.0. The average Bonchev–Trinajstić information content (AvgIpc) is 2.94. The fourth-order valence-corrected chi connectivity index (χ4v) is 3.46. The fraction of sp³-hybridized carbons (Fsp3) is 0.133. The lowest BCUT2D eigenvalue weighted by atomic mass is 10.2. The Morgan fingerprint density at radius 1 is 1.10 bits per heavy atom. The topological polar surface area (TPSA) is 49.7 Å². The Kier molecular flexibility index (Phi) is 4.78. The highest BCUT2D eigenvalue weighted by Gasteiger charge is 2.14. The van der Waals surface area contributed by atoms with Crippen LogP contribution in [0.5, 0.6) is 0 Å². The third-order valence-corrected chi connectivity index (χ3v) is 5.05. The molecule has 4 nitrogen and oxygen atoms in total. The molecular formula is C15H14N2O2S2. The third-order valence-electron chi connectivity index (χ3n) is 2.36. The van der Waals surface area contributed by atoms with Crippen molar-refractivity contribution in [2.24, 2.45) is 4.40 Å². The standard InChI is InChI=1S/C15H14N2O2S2/c1-17(2)12-16-21(18,19)15-11-10-14(20-15)9-8-13-6-4-3-5-7-13/h3-7,10-12H,1-2H3. The van der Waals surface area contributed by atoms with E-state index in [0.717, 1.165) is 16.9 Å². The van der Waals surface area contributed by atoms with Gasteiger partial charge in [-0.25, -0.2) is 0 Å². The number of sulfonamides is 1. The lowest BCUT2D eigenvalue weighted by molar-refractivity contribution is 0.596. The van der Waals surface area contributed by atoms with E-state index in [1.165, 1.54) is 12.4 Å². The molecule has 0 N–H and O–H groups in total. The first-order chi connectivity index (χ1) is 9.97. The second kappa shape index (κ2) is 6.57. The Morgan fingerprint density at radius 3 is 2.48 bits per heavy atom. The molecule has 2 aromatic rings. The summed E-state index contributed by atoms with van der Waals surface area (Å²) >= 11 is 1.12. The summed E-state index contributed by atoms with van der Waals surface area (Å²) in [5.74, 6) is 5.95. The molecular weight excluding hydrogens is 304 g/mol. The average molecular weight is 318 g/mol. The molecule has 21 heavy (non-hydrogen) atoms. The zero-order chi connectivity index (χ0) is 15.3. The van der Waals surface area contributed by atoms with Gasteiger partial charge in [0.05, 0.1) is 4.88 Å². The summed E-state index contributed by atoms with van der Waals surface area (Å²) in [6, 6.07) is 12.8. The van der Waals surface area contributed by atoms with Gasteiger partial charge in [-0.1, -0.05) is 30.0 Å². The Hall–Kier alpha value is -2.10. The Morgan fingerprint density at radius 2 is 1.81 bits per heavy atom. The van der Waals surface area contributed by atoms with Gasteiger partial charge in [-0.05, 0) is 24.3 Å². The number of thiophene rings is 1. The van der Waals surface area contributed by atoms with Gasteiger partial charge in [0.25, 0.3) is 10.0 Å². The van der Waals surface area contributed by atoms with Gasteiger partial charge >= 0.3 is 0 Å². The lowest BCUT2D eigenvalue weighted by Gasteiger charge is -2.01. The van der Waals surface area contributed by atoms with Crippen LogP contribution in [0.15, 0.2) is 51.1 Å². The maximum absolute atomic E-state index is 12.0. The molecule has 0 aliphatic rings. The summed E-state index contributed by atoms with van der Waals surface area (Å²) in [5.41, 5.74) is 0.890. The highest BCUT2D eigenvalue weighted by atomic mass is 32.2. The molecule has 0 atom stereocenters. The highest BCUT2D eigenvalue weighted by Crippen LogP contribution is 2.22. The van der Waals surface area contributed by atoms with Crippen molar-refractivity contribution in [1.29, 1.82) is 0 Å². The number of hydrogen-bond donors (Lipinski definition) is 0. The van der Waals surface area contributed by atoms with Gasteiger partial charge in [0, 0.05) is 19.7 Å². The quantitative estimate of drug-likeness (QED) is 0.496. The van der Waals surface area contributed by atoms with E-state index in [-0.39, 0.29) is 4.21 Å². The second-order valence-corrected chi connectivity index (χ2v) is 7.34. The van der Waals surface area contributed by atoms with Crippen LogP contribution in [0, 0.1) is 11.8 Å².